The Hall–Kier alpha value is -2.38. The molecule has 26 heavy (non-hydrogen) atoms. The van der Waals surface area contributed by atoms with E-state index < -0.39 is 18.4 Å². The van der Waals surface area contributed by atoms with Gasteiger partial charge in [0.1, 0.15) is 12.3 Å². The molecular formula is C19H25NO6. The van der Waals surface area contributed by atoms with Gasteiger partial charge in [-0.3, -0.25) is 5.32 Å². The quantitative estimate of drug-likeness (QED) is 0.618. The Morgan fingerprint density at radius 2 is 1.88 bits per heavy atom. The molecule has 1 aromatic carbocycles. The lowest BCUT2D eigenvalue weighted by Gasteiger charge is -2.34. The number of benzene rings is 1. The summed E-state index contributed by atoms with van der Waals surface area (Å²) in [7, 11) is 1.24. The lowest BCUT2D eigenvalue weighted by atomic mass is 9.95. The van der Waals surface area contributed by atoms with Gasteiger partial charge in [0.25, 0.3) is 0 Å². The van der Waals surface area contributed by atoms with Gasteiger partial charge in [0, 0.05) is 11.8 Å². The molecule has 1 aliphatic heterocycles. The number of hydrogen-bond acceptors (Lipinski definition) is 6. The van der Waals surface area contributed by atoms with Gasteiger partial charge in [-0.05, 0) is 11.6 Å². The van der Waals surface area contributed by atoms with Crippen molar-refractivity contribution in [1.82, 2.24) is 5.32 Å². The number of nitrogens with one attached hydrogen (secondary N) is 1. The molecule has 0 atom stereocenters. The maximum atomic E-state index is 11.9. The molecule has 1 amide bonds. The van der Waals surface area contributed by atoms with Gasteiger partial charge in [0.05, 0.1) is 20.3 Å². The average Bonchev–Trinajstić information content (AvgIpc) is 2.64. The van der Waals surface area contributed by atoms with Gasteiger partial charge < -0.3 is 18.9 Å². The number of carbonyl (C=O) groups is 2. The molecule has 1 fully saturated rings. The second-order valence-corrected chi connectivity index (χ2v) is 6.75. The van der Waals surface area contributed by atoms with E-state index in [0.717, 1.165) is 5.56 Å². The average molecular weight is 363 g/mol. The van der Waals surface area contributed by atoms with Crippen molar-refractivity contribution in [1.29, 1.82) is 0 Å². The van der Waals surface area contributed by atoms with Crippen LogP contribution in [0.25, 0.3) is 0 Å². The summed E-state index contributed by atoms with van der Waals surface area (Å²) in [5.74, 6) is -0.669. The first kappa shape index (κ1) is 19.9. The molecule has 0 saturated carbocycles. The van der Waals surface area contributed by atoms with E-state index >= 15 is 0 Å². The fourth-order valence-electron chi connectivity index (χ4n) is 2.24. The van der Waals surface area contributed by atoms with E-state index in [1.165, 1.54) is 13.2 Å². The molecular weight excluding hydrogens is 338 g/mol. The highest BCUT2D eigenvalue weighted by Crippen LogP contribution is 2.24. The van der Waals surface area contributed by atoms with Crippen LogP contribution >= 0.6 is 0 Å². The first-order chi connectivity index (χ1) is 12.4. The van der Waals surface area contributed by atoms with E-state index in [2.05, 4.69) is 10.1 Å². The predicted octanol–water partition coefficient (Wildman–Crippen LogP) is 2.76. The Bertz CT molecular complexity index is 631. The zero-order valence-corrected chi connectivity index (χ0v) is 15.3. The molecule has 1 aromatic rings. The fraction of sp³-hybridized carbons (Fsp3) is 0.474. The molecule has 7 heteroatoms. The summed E-state index contributed by atoms with van der Waals surface area (Å²) in [4.78, 5) is 23.8. The van der Waals surface area contributed by atoms with E-state index in [-0.39, 0.29) is 17.7 Å². The van der Waals surface area contributed by atoms with E-state index in [1.807, 2.05) is 44.2 Å². The minimum atomic E-state index is -0.739. The van der Waals surface area contributed by atoms with Crippen LogP contribution in [0.4, 0.5) is 4.79 Å². The molecule has 0 bridgehead atoms. The Kier molecular flexibility index (Phi) is 7.17. The van der Waals surface area contributed by atoms with Gasteiger partial charge in [-0.15, -0.1) is 0 Å². The first-order valence-electron chi connectivity index (χ1n) is 8.39. The van der Waals surface area contributed by atoms with Crippen LogP contribution in [0.2, 0.25) is 0 Å². The number of amides is 1. The molecule has 0 aromatic heterocycles. The van der Waals surface area contributed by atoms with Gasteiger partial charge in [0.2, 0.25) is 0 Å². The number of esters is 1. The monoisotopic (exact) mass is 363 g/mol. The molecule has 2 rings (SSSR count). The highest BCUT2D eigenvalue weighted by Gasteiger charge is 2.28. The van der Waals surface area contributed by atoms with Crippen molar-refractivity contribution < 1.29 is 28.5 Å². The van der Waals surface area contributed by atoms with Crippen LogP contribution in [-0.4, -0.2) is 38.7 Å². The summed E-state index contributed by atoms with van der Waals surface area (Å²) in [5, 5.41) is 2.41. The van der Waals surface area contributed by atoms with Crippen molar-refractivity contribution in [3.8, 4) is 0 Å². The summed E-state index contributed by atoms with van der Waals surface area (Å²) < 4.78 is 21.0. The van der Waals surface area contributed by atoms with Crippen molar-refractivity contribution in [2.75, 3.05) is 20.3 Å². The number of alkyl carbamates (subject to hydrolysis) is 1. The SMILES string of the molecule is COC(=O)/C(=C/CC1OCC(C)(C)CO1)NC(=O)OCc1ccccc1. The summed E-state index contributed by atoms with van der Waals surface area (Å²) in [6.07, 6.45) is 0.611. The smallest absolute Gasteiger partial charge is 0.412 e. The molecule has 0 unspecified atom stereocenters. The molecule has 1 aliphatic rings. The molecule has 0 aliphatic carbocycles. The highest BCUT2D eigenvalue weighted by atomic mass is 16.7. The third-order valence-corrected chi connectivity index (χ3v) is 3.69. The molecule has 1 saturated heterocycles. The molecule has 0 radical (unpaired) electrons. The van der Waals surface area contributed by atoms with Gasteiger partial charge >= 0.3 is 12.1 Å². The van der Waals surface area contributed by atoms with Crippen molar-refractivity contribution in [2.24, 2.45) is 5.41 Å². The molecule has 1 N–H and O–H groups in total. The largest absolute Gasteiger partial charge is 0.464 e. The molecule has 142 valence electrons. The second kappa shape index (κ2) is 9.35. The number of carbonyl (C=O) groups excluding carboxylic acids is 2. The van der Waals surface area contributed by atoms with Crippen molar-refractivity contribution >= 4 is 12.1 Å². The Morgan fingerprint density at radius 3 is 2.50 bits per heavy atom. The Morgan fingerprint density at radius 1 is 1.23 bits per heavy atom. The van der Waals surface area contributed by atoms with Crippen LogP contribution in [0.15, 0.2) is 42.1 Å². The van der Waals surface area contributed by atoms with Crippen molar-refractivity contribution in [2.45, 2.75) is 33.2 Å². The van der Waals surface area contributed by atoms with Crippen LogP contribution in [0.1, 0.15) is 25.8 Å². The lowest BCUT2D eigenvalue weighted by Crippen LogP contribution is -2.37. The maximum Gasteiger partial charge on any atom is 0.412 e. The Balaban J connectivity index is 1.88. The molecule has 1 heterocycles. The number of ether oxygens (including phenoxy) is 4. The third-order valence-electron chi connectivity index (χ3n) is 3.69. The molecule has 7 nitrogen and oxygen atoms in total. The van der Waals surface area contributed by atoms with Gasteiger partial charge in [-0.1, -0.05) is 44.2 Å². The summed E-state index contributed by atoms with van der Waals surface area (Å²) in [5.41, 5.74) is 0.797. The summed E-state index contributed by atoms with van der Waals surface area (Å²) >= 11 is 0. The molecule has 0 spiro atoms. The van der Waals surface area contributed by atoms with Gasteiger partial charge in [0.15, 0.2) is 6.29 Å². The predicted molar refractivity (Wildman–Crippen MR) is 94.0 cm³/mol. The minimum absolute atomic E-state index is 0.0115. The van der Waals surface area contributed by atoms with Gasteiger partial charge in [-0.2, -0.15) is 0 Å². The van der Waals surface area contributed by atoms with E-state index in [0.29, 0.717) is 19.6 Å². The van der Waals surface area contributed by atoms with Gasteiger partial charge in [-0.25, -0.2) is 9.59 Å². The number of hydrogen-bond donors (Lipinski definition) is 1. The van der Waals surface area contributed by atoms with E-state index in [1.54, 1.807) is 0 Å². The summed E-state index contributed by atoms with van der Waals surface area (Å²) in [6.45, 7) is 5.31. The highest BCUT2D eigenvalue weighted by molar-refractivity contribution is 5.92. The van der Waals surface area contributed by atoms with Crippen LogP contribution in [0, 0.1) is 5.41 Å². The van der Waals surface area contributed by atoms with Crippen LogP contribution in [0.5, 0.6) is 0 Å². The maximum absolute atomic E-state index is 11.9. The minimum Gasteiger partial charge on any atom is -0.464 e. The number of rotatable bonds is 6. The second-order valence-electron chi connectivity index (χ2n) is 6.75. The third kappa shape index (κ3) is 6.50. The van der Waals surface area contributed by atoms with E-state index in [9.17, 15) is 9.59 Å². The first-order valence-corrected chi connectivity index (χ1v) is 8.39. The zero-order valence-electron chi connectivity index (χ0n) is 15.3. The number of methoxy groups -OCH3 is 1. The fourth-order valence-corrected chi connectivity index (χ4v) is 2.24. The normalized spacial score (nSPS) is 17.4. The van der Waals surface area contributed by atoms with Crippen LogP contribution < -0.4 is 5.32 Å². The standard InChI is InChI=1S/C19H25NO6/c1-19(2)12-25-16(26-13-19)10-9-15(17(21)23-3)20-18(22)24-11-14-7-5-4-6-8-14/h4-9,16H,10-13H2,1-3H3,(H,20,22)/b15-9-. The van der Waals surface area contributed by atoms with E-state index in [4.69, 9.17) is 14.2 Å². The van der Waals surface area contributed by atoms with Crippen molar-refractivity contribution in [3.05, 3.63) is 47.7 Å². The topological polar surface area (TPSA) is 83.1 Å². The van der Waals surface area contributed by atoms with Crippen LogP contribution in [-0.2, 0) is 30.3 Å². The Labute approximate surface area is 153 Å². The summed E-state index contributed by atoms with van der Waals surface area (Å²) in [6, 6.07) is 9.25. The lowest BCUT2D eigenvalue weighted by molar-refractivity contribution is -0.219. The van der Waals surface area contributed by atoms with Crippen LogP contribution in [0.3, 0.4) is 0 Å². The van der Waals surface area contributed by atoms with Crippen molar-refractivity contribution in [3.63, 3.8) is 0 Å². The zero-order chi connectivity index (χ0) is 19.0.